The van der Waals surface area contributed by atoms with Crippen molar-refractivity contribution in [3.63, 3.8) is 0 Å². The van der Waals surface area contributed by atoms with Crippen molar-refractivity contribution in [2.75, 3.05) is 29.9 Å². The van der Waals surface area contributed by atoms with E-state index in [1.54, 1.807) is 6.20 Å². The zero-order valence-electron chi connectivity index (χ0n) is 12.6. The number of aliphatic hydroxyl groups is 1. The summed E-state index contributed by atoms with van der Waals surface area (Å²) in [6.07, 6.45) is 4.84. The fraction of sp³-hybridized carbons (Fsp3) is 0.714. The first-order valence-electron chi connectivity index (χ1n) is 7.31. The summed E-state index contributed by atoms with van der Waals surface area (Å²) in [5.74, 6) is 1.49. The fourth-order valence-electron chi connectivity index (χ4n) is 2.18. The van der Waals surface area contributed by atoms with Gasteiger partial charge in [0.2, 0.25) is 5.95 Å². The second-order valence-corrected chi connectivity index (χ2v) is 5.53. The van der Waals surface area contributed by atoms with E-state index in [1.807, 2.05) is 0 Å². The van der Waals surface area contributed by atoms with Gasteiger partial charge in [-0.1, -0.05) is 20.8 Å². The molecule has 0 bridgehead atoms. The maximum atomic E-state index is 9.32. The number of rotatable bonds is 9. The van der Waals surface area contributed by atoms with Crippen molar-refractivity contribution in [3.8, 4) is 0 Å². The highest BCUT2D eigenvalue weighted by atomic mass is 79.9. The van der Waals surface area contributed by atoms with E-state index in [1.165, 1.54) is 0 Å². The van der Waals surface area contributed by atoms with Crippen LogP contribution >= 0.6 is 15.9 Å². The molecule has 0 spiro atoms. The lowest BCUT2D eigenvalue weighted by Gasteiger charge is -2.31. The van der Waals surface area contributed by atoms with E-state index in [0.29, 0.717) is 18.5 Å². The molecule has 5 nitrogen and oxygen atoms in total. The van der Waals surface area contributed by atoms with Crippen LogP contribution in [0.3, 0.4) is 0 Å². The molecule has 0 amide bonds. The third kappa shape index (κ3) is 4.59. The number of hydrogen-bond donors (Lipinski definition) is 2. The standard InChI is InChI=1S/C14H25BrN4O/c1-4-7-16-14-17-10-12(15)13(18-14)19(8-9-20)11(5-2)6-3/h10-11,20H,4-9H2,1-3H3,(H,16,17,18). The molecule has 1 aromatic rings. The van der Waals surface area contributed by atoms with Crippen LogP contribution in [0, 0.1) is 0 Å². The van der Waals surface area contributed by atoms with E-state index in [9.17, 15) is 5.11 Å². The average Bonchev–Trinajstić information content (AvgIpc) is 2.47. The Morgan fingerprint density at radius 3 is 2.60 bits per heavy atom. The predicted molar refractivity (Wildman–Crippen MR) is 87.3 cm³/mol. The molecule has 0 aliphatic rings. The molecule has 1 heterocycles. The number of nitrogens with one attached hydrogen (secondary N) is 1. The van der Waals surface area contributed by atoms with Gasteiger partial charge in [-0.3, -0.25) is 0 Å². The molecule has 0 saturated heterocycles. The molecule has 0 aliphatic carbocycles. The summed E-state index contributed by atoms with van der Waals surface area (Å²) in [7, 11) is 0. The van der Waals surface area contributed by atoms with E-state index in [0.717, 1.165) is 36.1 Å². The van der Waals surface area contributed by atoms with Gasteiger partial charge in [-0.05, 0) is 35.2 Å². The van der Waals surface area contributed by atoms with Crippen molar-refractivity contribution in [1.82, 2.24) is 9.97 Å². The summed E-state index contributed by atoms with van der Waals surface area (Å²) in [5.41, 5.74) is 0. The van der Waals surface area contributed by atoms with Gasteiger partial charge in [-0.15, -0.1) is 0 Å². The second-order valence-electron chi connectivity index (χ2n) is 4.68. The summed E-state index contributed by atoms with van der Waals surface area (Å²) in [6.45, 7) is 7.97. The zero-order valence-corrected chi connectivity index (χ0v) is 14.2. The molecule has 0 aromatic carbocycles. The maximum absolute atomic E-state index is 9.32. The van der Waals surface area contributed by atoms with Gasteiger partial charge in [0.05, 0.1) is 11.1 Å². The average molecular weight is 345 g/mol. The second kappa shape index (κ2) is 9.13. The number of aliphatic hydroxyl groups excluding tert-OH is 1. The molecule has 0 unspecified atom stereocenters. The lowest BCUT2D eigenvalue weighted by Crippen LogP contribution is -2.37. The van der Waals surface area contributed by atoms with Crippen LogP contribution in [0.1, 0.15) is 40.0 Å². The third-order valence-corrected chi connectivity index (χ3v) is 3.81. The predicted octanol–water partition coefficient (Wildman–Crippen LogP) is 3.05. The Kier molecular flexibility index (Phi) is 7.84. The SMILES string of the molecule is CCCNc1ncc(Br)c(N(CCO)C(CC)CC)n1. The largest absolute Gasteiger partial charge is 0.395 e. The smallest absolute Gasteiger partial charge is 0.224 e. The number of anilines is 2. The number of hydrogen-bond acceptors (Lipinski definition) is 5. The van der Waals surface area contributed by atoms with Crippen molar-refractivity contribution in [2.45, 2.75) is 46.1 Å². The van der Waals surface area contributed by atoms with Crippen LogP contribution in [-0.2, 0) is 0 Å². The molecule has 2 N–H and O–H groups in total. The number of aromatic nitrogens is 2. The molecular weight excluding hydrogens is 320 g/mol. The molecule has 114 valence electrons. The van der Waals surface area contributed by atoms with E-state index < -0.39 is 0 Å². The van der Waals surface area contributed by atoms with Gasteiger partial charge in [-0.2, -0.15) is 4.98 Å². The Morgan fingerprint density at radius 2 is 2.05 bits per heavy atom. The molecule has 1 aromatic heterocycles. The van der Waals surface area contributed by atoms with Gasteiger partial charge < -0.3 is 15.3 Å². The Bertz CT molecular complexity index is 399. The molecule has 0 saturated carbocycles. The Labute approximate surface area is 129 Å². The van der Waals surface area contributed by atoms with Crippen LogP contribution in [0.25, 0.3) is 0 Å². The van der Waals surface area contributed by atoms with Crippen LogP contribution in [0.4, 0.5) is 11.8 Å². The van der Waals surface area contributed by atoms with Crippen LogP contribution in [0.15, 0.2) is 10.7 Å². The third-order valence-electron chi connectivity index (χ3n) is 3.25. The summed E-state index contributed by atoms with van der Waals surface area (Å²) >= 11 is 3.52. The van der Waals surface area contributed by atoms with E-state index in [2.05, 4.69) is 56.9 Å². The fourth-order valence-corrected chi connectivity index (χ4v) is 2.60. The minimum absolute atomic E-state index is 0.116. The number of halogens is 1. The van der Waals surface area contributed by atoms with E-state index in [4.69, 9.17) is 0 Å². The summed E-state index contributed by atoms with van der Waals surface area (Å²) in [5, 5.41) is 12.5. The van der Waals surface area contributed by atoms with Crippen molar-refractivity contribution < 1.29 is 5.11 Å². The molecule has 0 radical (unpaired) electrons. The van der Waals surface area contributed by atoms with Crippen LogP contribution in [0.2, 0.25) is 0 Å². The van der Waals surface area contributed by atoms with Crippen LogP contribution in [-0.4, -0.2) is 40.8 Å². The Balaban J connectivity index is 3.04. The Morgan fingerprint density at radius 1 is 1.35 bits per heavy atom. The highest BCUT2D eigenvalue weighted by molar-refractivity contribution is 9.10. The van der Waals surface area contributed by atoms with Crippen molar-refractivity contribution >= 4 is 27.7 Å². The maximum Gasteiger partial charge on any atom is 0.224 e. The van der Waals surface area contributed by atoms with Crippen LogP contribution in [0.5, 0.6) is 0 Å². The summed E-state index contributed by atoms with van der Waals surface area (Å²) < 4.78 is 0.861. The normalized spacial score (nSPS) is 10.9. The van der Waals surface area contributed by atoms with Crippen molar-refractivity contribution in [2.24, 2.45) is 0 Å². The molecule has 0 fully saturated rings. The molecule has 6 heteroatoms. The highest BCUT2D eigenvalue weighted by Gasteiger charge is 2.19. The van der Waals surface area contributed by atoms with Gasteiger partial charge in [0, 0.05) is 25.3 Å². The molecule has 1 rings (SSSR count). The van der Waals surface area contributed by atoms with Gasteiger partial charge in [0.15, 0.2) is 0 Å². The first kappa shape index (κ1) is 17.2. The lowest BCUT2D eigenvalue weighted by molar-refractivity contribution is 0.295. The first-order valence-corrected chi connectivity index (χ1v) is 8.11. The quantitative estimate of drug-likeness (QED) is 0.720. The van der Waals surface area contributed by atoms with E-state index >= 15 is 0 Å². The minimum Gasteiger partial charge on any atom is -0.395 e. The monoisotopic (exact) mass is 344 g/mol. The number of nitrogens with zero attached hydrogens (tertiary/aromatic N) is 3. The highest BCUT2D eigenvalue weighted by Crippen LogP contribution is 2.27. The first-order chi connectivity index (χ1) is 9.67. The molecule has 0 aliphatic heterocycles. The van der Waals surface area contributed by atoms with Crippen molar-refractivity contribution in [1.29, 1.82) is 0 Å². The van der Waals surface area contributed by atoms with E-state index in [-0.39, 0.29) is 6.61 Å². The van der Waals surface area contributed by atoms with Gasteiger partial charge >= 0.3 is 0 Å². The minimum atomic E-state index is 0.116. The molecule has 20 heavy (non-hydrogen) atoms. The Hall–Kier alpha value is -0.880. The molecular formula is C14H25BrN4O. The lowest BCUT2D eigenvalue weighted by atomic mass is 10.1. The molecule has 0 atom stereocenters. The zero-order chi connectivity index (χ0) is 15.0. The summed E-state index contributed by atoms with van der Waals surface area (Å²) in [4.78, 5) is 11.0. The van der Waals surface area contributed by atoms with Crippen LogP contribution < -0.4 is 10.2 Å². The topological polar surface area (TPSA) is 61.3 Å². The van der Waals surface area contributed by atoms with Gasteiger partial charge in [-0.25, -0.2) is 4.98 Å². The summed E-state index contributed by atoms with van der Waals surface area (Å²) in [6, 6.07) is 0.368. The van der Waals surface area contributed by atoms with Crippen molar-refractivity contribution in [3.05, 3.63) is 10.7 Å². The van der Waals surface area contributed by atoms with Gasteiger partial charge in [0.25, 0.3) is 0 Å². The van der Waals surface area contributed by atoms with Gasteiger partial charge in [0.1, 0.15) is 5.82 Å².